The lowest BCUT2D eigenvalue weighted by Crippen LogP contribution is -2.07. The molecule has 0 amide bonds. The van der Waals surface area contributed by atoms with Gasteiger partial charge in [-0.1, -0.05) is 81.0 Å². The van der Waals surface area contributed by atoms with Crippen LogP contribution in [0.5, 0.6) is 0 Å². The van der Waals surface area contributed by atoms with Crippen LogP contribution in [0.4, 0.5) is 0 Å². The minimum Gasteiger partial charge on any atom is -0.290 e. The second-order valence-electron chi connectivity index (χ2n) is 11.7. The zero-order chi connectivity index (χ0) is 30.1. The fourth-order valence-electron chi connectivity index (χ4n) is 5.70. The Hall–Kier alpha value is -3.59. The summed E-state index contributed by atoms with van der Waals surface area (Å²) < 4.78 is 0. The average molecular weight is 549 g/mol. The maximum atomic E-state index is 13.0. The van der Waals surface area contributed by atoms with Crippen molar-refractivity contribution in [3.05, 3.63) is 108 Å². The molecule has 2 atom stereocenters. The normalized spacial score (nSPS) is 21.2. The van der Waals surface area contributed by atoms with Gasteiger partial charge < -0.3 is 0 Å². The first-order valence-electron chi connectivity index (χ1n) is 15.1. The van der Waals surface area contributed by atoms with Gasteiger partial charge in [-0.2, -0.15) is 0 Å². The molecule has 41 heavy (non-hydrogen) atoms. The van der Waals surface area contributed by atoms with Gasteiger partial charge in [0.15, 0.2) is 5.78 Å². The molecular weight excluding hydrogens is 500 g/mol. The van der Waals surface area contributed by atoms with Gasteiger partial charge in [0.25, 0.3) is 0 Å². The van der Waals surface area contributed by atoms with Crippen LogP contribution < -0.4 is 0 Å². The van der Waals surface area contributed by atoms with Crippen molar-refractivity contribution >= 4 is 28.8 Å². The monoisotopic (exact) mass is 548 g/mol. The number of hydrogen-bond acceptors (Lipinski definition) is 3. The summed E-state index contributed by atoms with van der Waals surface area (Å²) in [6.45, 7) is 27.0. The van der Waals surface area contributed by atoms with Crippen molar-refractivity contribution in [2.24, 2.45) is 16.8 Å². The Kier molecular flexibility index (Phi) is 11.6. The van der Waals surface area contributed by atoms with E-state index in [1.54, 1.807) is 6.08 Å². The van der Waals surface area contributed by atoms with Crippen molar-refractivity contribution in [2.45, 2.75) is 86.0 Å². The van der Waals surface area contributed by atoms with Crippen LogP contribution in [0.15, 0.2) is 95.7 Å². The van der Waals surface area contributed by atoms with Crippen LogP contribution >= 0.6 is 0 Å². The third-order valence-corrected chi connectivity index (χ3v) is 8.42. The Labute approximate surface area is 248 Å². The van der Waals surface area contributed by atoms with Crippen LogP contribution in [0.1, 0.15) is 103 Å². The molecule has 3 nitrogen and oxygen atoms in total. The molecule has 216 valence electrons. The molecule has 1 aromatic heterocycles. The van der Waals surface area contributed by atoms with E-state index in [-0.39, 0.29) is 5.78 Å². The topological polar surface area (TPSA) is 42.3 Å². The molecule has 2 aliphatic rings. The largest absolute Gasteiger partial charge is 0.290 e. The third-order valence-electron chi connectivity index (χ3n) is 8.42. The maximum Gasteiger partial charge on any atom is 0.183 e. The quantitative estimate of drug-likeness (QED) is 0.126. The molecule has 0 aromatic carbocycles. The molecule has 2 heterocycles. The first kappa shape index (κ1) is 31.9. The number of ketones is 1. The van der Waals surface area contributed by atoms with Crippen molar-refractivity contribution < 1.29 is 4.79 Å². The van der Waals surface area contributed by atoms with Crippen LogP contribution in [0, 0.1) is 11.8 Å². The van der Waals surface area contributed by atoms with Crippen molar-refractivity contribution in [1.82, 2.24) is 4.98 Å². The Bertz CT molecular complexity index is 1370. The number of aliphatic imine (C=N–C) groups is 1. The standard InChI is InChI=1S/C38H48N2O/c1-10-13-14-31-17-18-32(16-15-27(31)7)30(12-3)20-28(8)35-21-29(9)38(41)23-37(40-35)36-22-34(25(4)5)33(24-39-36)19-26(6)11-2/h11-12,19-20,22-24,31-32H,2,4,7,9-10,13-18,21H2,1,3,5-6,8H3/b26-19-,28-20-,30-12+. The maximum absolute atomic E-state index is 13.0. The highest BCUT2D eigenvalue weighted by molar-refractivity contribution is 6.17. The van der Waals surface area contributed by atoms with Crippen molar-refractivity contribution in [3.8, 4) is 0 Å². The number of aromatic nitrogens is 1. The summed E-state index contributed by atoms with van der Waals surface area (Å²) in [6.07, 6.45) is 20.6. The second kappa shape index (κ2) is 14.9. The smallest absolute Gasteiger partial charge is 0.183 e. The van der Waals surface area contributed by atoms with E-state index in [0.29, 0.717) is 35.2 Å². The molecule has 0 radical (unpaired) electrons. The van der Waals surface area contributed by atoms with E-state index >= 15 is 0 Å². The molecule has 1 aromatic rings. The SMILES string of the molecule is C=C/C(C)=C\c1cnc(C2=CC(=O)C(=C)CC(/C(C)=C\C(=C/C)C3CCC(=C)C(CCCC)CC3)=N2)cc1C(=C)C. The third kappa shape index (κ3) is 8.45. The van der Waals surface area contributed by atoms with Gasteiger partial charge in [0.1, 0.15) is 0 Å². The van der Waals surface area contributed by atoms with E-state index in [1.165, 1.54) is 43.3 Å². The molecule has 1 saturated carbocycles. The van der Waals surface area contributed by atoms with Crippen LogP contribution in [0.3, 0.4) is 0 Å². The summed E-state index contributed by atoms with van der Waals surface area (Å²) >= 11 is 0. The lowest BCUT2D eigenvalue weighted by Gasteiger charge is -2.18. The predicted octanol–water partition coefficient (Wildman–Crippen LogP) is 10.5. The summed E-state index contributed by atoms with van der Waals surface area (Å²) in [6, 6.07) is 1.97. The fourth-order valence-corrected chi connectivity index (χ4v) is 5.70. The van der Waals surface area contributed by atoms with Crippen LogP contribution in [0.25, 0.3) is 17.3 Å². The lowest BCUT2D eigenvalue weighted by molar-refractivity contribution is -0.111. The number of allylic oxidation sites excluding steroid dienone is 10. The van der Waals surface area contributed by atoms with Crippen molar-refractivity contribution in [1.29, 1.82) is 0 Å². The van der Waals surface area contributed by atoms with Gasteiger partial charge in [-0.25, -0.2) is 0 Å². The van der Waals surface area contributed by atoms with Gasteiger partial charge in [0.05, 0.1) is 11.4 Å². The number of rotatable bonds is 10. The lowest BCUT2D eigenvalue weighted by atomic mass is 9.88. The molecule has 0 bridgehead atoms. The molecule has 0 saturated heterocycles. The fraction of sp³-hybridized carbons (Fsp3) is 0.395. The molecular formula is C38H48N2O. The van der Waals surface area contributed by atoms with Gasteiger partial charge in [-0.05, 0) is 106 Å². The number of unbranched alkanes of at least 4 members (excludes halogenated alkanes) is 1. The number of hydrogen-bond donors (Lipinski definition) is 0. The number of carbonyl (C=O) groups excluding carboxylic acids is 1. The Morgan fingerprint density at radius 2 is 1.90 bits per heavy atom. The Balaban J connectivity index is 1.95. The van der Waals surface area contributed by atoms with Crippen molar-refractivity contribution in [3.63, 3.8) is 0 Å². The highest BCUT2D eigenvalue weighted by atomic mass is 16.1. The average Bonchev–Trinajstić information content (AvgIpc) is 3.23. The van der Waals surface area contributed by atoms with E-state index in [9.17, 15) is 4.79 Å². The zero-order valence-electron chi connectivity index (χ0n) is 26.0. The molecule has 3 rings (SSSR count). The zero-order valence-corrected chi connectivity index (χ0v) is 26.0. The van der Waals surface area contributed by atoms with Gasteiger partial charge in [-0.15, -0.1) is 0 Å². The van der Waals surface area contributed by atoms with Crippen LogP contribution in [-0.4, -0.2) is 16.5 Å². The Morgan fingerprint density at radius 3 is 2.56 bits per heavy atom. The highest BCUT2D eigenvalue weighted by Crippen LogP contribution is 2.37. The predicted molar refractivity (Wildman–Crippen MR) is 179 cm³/mol. The molecule has 1 fully saturated rings. The first-order chi connectivity index (χ1) is 19.6. The molecule has 3 heteroatoms. The van der Waals surface area contributed by atoms with E-state index in [1.807, 2.05) is 38.3 Å². The van der Waals surface area contributed by atoms with E-state index in [2.05, 4.69) is 59.2 Å². The van der Waals surface area contributed by atoms with E-state index in [4.69, 9.17) is 9.98 Å². The number of carbonyl (C=O) groups is 1. The summed E-state index contributed by atoms with van der Waals surface area (Å²) in [7, 11) is 0. The van der Waals surface area contributed by atoms with Crippen LogP contribution in [0.2, 0.25) is 0 Å². The molecule has 1 aliphatic heterocycles. The molecule has 0 N–H and O–H groups in total. The van der Waals surface area contributed by atoms with Gasteiger partial charge in [0.2, 0.25) is 0 Å². The van der Waals surface area contributed by atoms with Gasteiger partial charge >= 0.3 is 0 Å². The van der Waals surface area contributed by atoms with Crippen molar-refractivity contribution in [2.75, 3.05) is 0 Å². The molecule has 0 spiro atoms. The van der Waals surface area contributed by atoms with E-state index in [0.717, 1.165) is 46.4 Å². The second-order valence-corrected chi connectivity index (χ2v) is 11.7. The minimum atomic E-state index is -0.108. The van der Waals surface area contributed by atoms with E-state index < -0.39 is 0 Å². The van der Waals surface area contributed by atoms with Gasteiger partial charge in [0, 0.05) is 30.0 Å². The number of nitrogens with zero attached hydrogens (tertiary/aromatic N) is 2. The molecule has 1 aliphatic carbocycles. The van der Waals surface area contributed by atoms with Crippen LogP contribution in [-0.2, 0) is 4.79 Å². The molecule has 2 unspecified atom stereocenters. The highest BCUT2D eigenvalue weighted by Gasteiger charge is 2.24. The number of pyridine rings is 1. The summed E-state index contributed by atoms with van der Waals surface area (Å²) in [5, 5.41) is 0. The minimum absolute atomic E-state index is 0.108. The van der Waals surface area contributed by atoms with Gasteiger partial charge in [-0.3, -0.25) is 14.8 Å². The Morgan fingerprint density at radius 1 is 1.15 bits per heavy atom. The summed E-state index contributed by atoms with van der Waals surface area (Å²) in [5.74, 6) is 1.04. The summed E-state index contributed by atoms with van der Waals surface area (Å²) in [5.41, 5.74) is 10.3. The summed E-state index contributed by atoms with van der Waals surface area (Å²) in [4.78, 5) is 22.7. The first-order valence-corrected chi connectivity index (χ1v) is 15.1.